The Morgan fingerprint density at radius 1 is 1.27 bits per heavy atom. The van der Waals surface area contributed by atoms with E-state index in [0.29, 0.717) is 6.04 Å². The molecule has 8 nitrogen and oxygen atoms in total. The van der Waals surface area contributed by atoms with Gasteiger partial charge in [-0.1, -0.05) is 0 Å². The molecule has 2 fully saturated rings. The Morgan fingerprint density at radius 3 is 2.77 bits per heavy atom. The standard InChI is InChI=1S/C22H31N5O3/c1-3-27-21-19(14(2)25-27)20(24-15-6-10-29-11-7-15)17(13-23-21)18-12-22(30-26-18)8-4-16(28)5-9-22/h12-13,15-16,26,28H,3-11H2,1-2H3,(H,23,24). The molecule has 8 heteroatoms. The van der Waals surface area contributed by atoms with Crippen LogP contribution >= 0.6 is 0 Å². The number of aliphatic hydroxyl groups excluding tert-OH is 1. The van der Waals surface area contributed by atoms with Crippen molar-refractivity contribution in [2.45, 2.75) is 76.7 Å². The predicted octanol–water partition coefficient (Wildman–Crippen LogP) is 2.90. The molecule has 0 atom stereocenters. The molecule has 2 aromatic rings. The second-order valence-electron chi connectivity index (χ2n) is 8.74. The Kier molecular flexibility index (Phi) is 5.16. The van der Waals surface area contributed by atoms with Crippen molar-refractivity contribution in [2.75, 3.05) is 18.5 Å². The van der Waals surface area contributed by atoms with Crippen molar-refractivity contribution in [3.05, 3.63) is 23.5 Å². The van der Waals surface area contributed by atoms with Crippen LogP contribution in [0.2, 0.25) is 0 Å². The average Bonchev–Trinajstić information content (AvgIpc) is 3.33. The summed E-state index contributed by atoms with van der Waals surface area (Å²) in [6.07, 6.45) is 9.02. The summed E-state index contributed by atoms with van der Waals surface area (Å²) in [5.41, 5.74) is 7.74. The fourth-order valence-electron chi connectivity index (χ4n) is 4.89. The maximum atomic E-state index is 9.90. The Labute approximate surface area is 176 Å². The van der Waals surface area contributed by atoms with Crippen LogP contribution in [0, 0.1) is 6.92 Å². The minimum atomic E-state index is -0.345. The van der Waals surface area contributed by atoms with Crippen molar-refractivity contribution in [2.24, 2.45) is 0 Å². The molecule has 1 saturated carbocycles. The van der Waals surface area contributed by atoms with Crippen LogP contribution in [0.15, 0.2) is 12.3 Å². The highest BCUT2D eigenvalue weighted by Gasteiger charge is 2.39. The SMILES string of the molecule is CCn1nc(C)c2c(NC3CCOCC3)c(C3=CC4(CCC(O)CC4)ON3)cnc21. The van der Waals surface area contributed by atoms with Gasteiger partial charge in [0, 0.05) is 37.6 Å². The Hall–Kier alpha value is -2.16. The molecule has 162 valence electrons. The molecule has 1 aliphatic carbocycles. The van der Waals surface area contributed by atoms with Crippen LogP contribution in [-0.4, -0.2) is 50.8 Å². The van der Waals surface area contributed by atoms with Gasteiger partial charge in [0.25, 0.3) is 0 Å². The third-order valence-electron chi connectivity index (χ3n) is 6.67. The third-order valence-corrected chi connectivity index (χ3v) is 6.67. The molecule has 1 spiro atoms. The number of fused-ring (bicyclic) bond motifs is 1. The van der Waals surface area contributed by atoms with Gasteiger partial charge >= 0.3 is 0 Å². The lowest BCUT2D eigenvalue weighted by atomic mass is 9.83. The molecule has 2 aliphatic heterocycles. The highest BCUT2D eigenvalue weighted by molar-refractivity contribution is 5.97. The summed E-state index contributed by atoms with van der Waals surface area (Å²) in [7, 11) is 0. The Morgan fingerprint density at radius 2 is 2.03 bits per heavy atom. The predicted molar refractivity (Wildman–Crippen MR) is 115 cm³/mol. The van der Waals surface area contributed by atoms with Crippen LogP contribution in [0.5, 0.6) is 0 Å². The van der Waals surface area contributed by atoms with Gasteiger partial charge in [0.1, 0.15) is 5.60 Å². The summed E-state index contributed by atoms with van der Waals surface area (Å²) >= 11 is 0. The van der Waals surface area contributed by atoms with E-state index in [9.17, 15) is 5.11 Å². The lowest BCUT2D eigenvalue weighted by Crippen LogP contribution is -2.36. The fourth-order valence-corrected chi connectivity index (χ4v) is 4.89. The summed E-state index contributed by atoms with van der Waals surface area (Å²) in [4.78, 5) is 10.8. The van der Waals surface area contributed by atoms with E-state index in [-0.39, 0.29) is 11.7 Å². The summed E-state index contributed by atoms with van der Waals surface area (Å²) in [6, 6.07) is 0.356. The molecule has 0 bridgehead atoms. The first kappa shape index (κ1) is 19.8. The monoisotopic (exact) mass is 413 g/mol. The maximum Gasteiger partial charge on any atom is 0.160 e. The molecule has 2 aromatic heterocycles. The molecule has 1 saturated heterocycles. The number of hydroxylamine groups is 1. The van der Waals surface area contributed by atoms with E-state index in [2.05, 4.69) is 23.8 Å². The van der Waals surface area contributed by atoms with Gasteiger partial charge in [-0.2, -0.15) is 5.10 Å². The zero-order chi connectivity index (χ0) is 20.7. The van der Waals surface area contributed by atoms with E-state index < -0.39 is 0 Å². The van der Waals surface area contributed by atoms with Crippen LogP contribution in [-0.2, 0) is 16.1 Å². The number of anilines is 1. The number of hydrogen-bond donors (Lipinski definition) is 3. The lowest BCUT2D eigenvalue weighted by molar-refractivity contribution is -0.0743. The highest BCUT2D eigenvalue weighted by Crippen LogP contribution is 2.41. The van der Waals surface area contributed by atoms with E-state index >= 15 is 0 Å². The molecule has 0 amide bonds. The van der Waals surface area contributed by atoms with Crippen LogP contribution in [0.25, 0.3) is 16.7 Å². The van der Waals surface area contributed by atoms with E-state index in [0.717, 1.165) is 92.0 Å². The number of rotatable bonds is 4. The lowest BCUT2D eigenvalue weighted by Gasteiger charge is -2.31. The number of aryl methyl sites for hydroxylation is 2. The van der Waals surface area contributed by atoms with Crippen LogP contribution < -0.4 is 10.8 Å². The topological polar surface area (TPSA) is 93.5 Å². The zero-order valence-electron chi connectivity index (χ0n) is 17.8. The van der Waals surface area contributed by atoms with E-state index in [4.69, 9.17) is 19.7 Å². The number of aromatic nitrogens is 3. The van der Waals surface area contributed by atoms with Crippen LogP contribution in [0.3, 0.4) is 0 Å². The van der Waals surface area contributed by atoms with Gasteiger partial charge in [0.2, 0.25) is 0 Å². The first-order valence-electron chi connectivity index (χ1n) is 11.1. The van der Waals surface area contributed by atoms with Gasteiger partial charge < -0.3 is 15.2 Å². The van der Waals surface area contributed by atoms with Crippen molar-refractivity contribution in [1.82, 2.24) is 20.2 Å². The van der Waals surface area contributed by atoms with Gasteiger partial charge in [0.15, 0.2) is 5.65 Å². The fraction of sp³-hybridized carbons (Fsp3) is 0.636. The zero-order valence-corrected chi connectivity index (χ0v) is 17.8. The van der Waals surface area contributed by atoms with Gasteiger partial charge in [0.05, 0.1) is 28.6 Å². The van der Waals surface area contributed by atoms with Crippen molar-refractivity contribution in [1.29, 1.82) is 0 Å². The normalized spacial score (nSPS) is 27.4. The molecule has 0 radical (unpaired) electrons. The second kappa shape index (κ2) is 7.83. The van der Waals surface area contributed by atoms with E-state index in [1.54, 1.807) is 0 Å². The second-order valence-corrected chi connectivity index (χ2v) is 8.74. The Bertz CT molecular complexity index is 955. The first-order valence-corrected chi connectivity index (χ1v) is 11.1. The number of hydrogen-bond acceptors (Lipinski definition) is 7. The van der Waals surface area contributed by atoms with Crippen LogP contribution in [0.4, 0.5) is 5.69 Å². The molecular formula is C22H31N5O3. The highest BCUT2D eigenvalue weighted by atomic mass is 16.7. The number of aliphatic hydroxyl groups is 1. The minimum absolute atomic E-state index is 0.219. The smallest absolute Gasteiger partial charge is 0.160 e. The summed E-state index contributed by atoms with van der Waals surface area (Å²) in [6.45, 7) is 6.48. The molecule has 0 unspecified atom stereocenters. The van der Waals surface area contributed by atoms with E-state index in [1.807, 2.05) is 17.8 Å². The van der Waals surface area contributed by atoms with Crippen molar-refractivity contribution >= 4 is 22.4 Å². The molecular weight excluding hydrogens is 382 g/mol. The quantitative estimate of drug-likeness (QED) is 0.710. The van der Waals surface area contributed by atoms with Gasteiger partial charge in [-0.15, -0.1) is 0 Å². The molecule has 3 N–H and O–H groups in total. The Balaban J connectivity index is 1.57. The summed E-state index contributed by atoms with van der Waals surface area (Å²) in [5, 5.41) is 19.5. The van der Waals surface area contributed by atoms with Crippen molar-refractivity contribution < 1.29 is 14.7 Å². The average molecular weight is 414 g/mol. The molecule has 3 aliphatic rings. The molecule has 5 rings (SSSR count). The largest absolute Gasteiger partial charge is 0.393 e. The molecule has 4 heterocycles. The number of nitrogens with one attached hydrogen (secondary N) is 2. The third kappa shape index (κ3) is 3.46. The first-order chi connectivity index (χ1) is 14.6. The van der Waals surface area contributed by atoms with E-state index in [1.165, 1.54) is 0 Å². The van der Waals surface area contributed by atoms with Gasteiger partial charge in [-0.25, -0.2) is 9.67 Å². The number of pyridine rings is 1. The maximum absolute atomic E-state index is 9.90. The van der Waals surface area contributed by atoms with Crippen molar-refractivity contribution in [3.63, 3.8) is 0 Å². The molecule has 30 heavy (non-hydrogen) atoms. The number of nitrogens with zero attached hydrogens (tertiary/aromatic N) is 3. The minimum Gasteiger partial charge on any atom is -0.393 e. The summed E-state index contributed by atoms with van der Waals surface area (Å²) in [5.74, 6) is 0. The van der Waals surface area contributed by atoms with Crippen LogP contribution in [0.1, 0.15) is 56.7 Å². The number of ether oxygens (including phenoxy) is 1. The summed E-state index contributed by atoms with van der Waals surface area (Å²) < 4.78 is 7.51. The molecule has 0 aromatic carbocycles. The van der Waals surface area contributed by atoms with Gasteiger partial charge in [-0.3, -0.25) is 10.3 Å². The van der Waals surface area contributed by atoms with Crippen molar-refractivity contribution in [3.8, 4) is 0 Å². The van der Waals surface area contributed by atoms with Gasteiger partial charge in [-0.05, 0) is 58.4 Å².